The summed E-state index contributed by atoms with van der Waals surface area (Å²) in [5.74, 6) is -0.816. The number of benzene rings is 1. The van der Waals surface area contributed by atoms with Crippen LogP contribution in [0.25, 0.3) is 17.0 Å². The molecule has 0 radical (unpaired) electrons. The van der Waals surface area contributed by atoms with Crippen LogP contribution >= 0.6 is 0 Å². The van der Waals surface area contributed by atoms with Gasteiger partial charge in [0, 0.05) is 30.7 Å². The Balaban J connectivity index is 1.67. The van der Waals surface area contributed by atoms with Crippen LogP contribution in [0.3, 0.4) is 0 Å². The maximum absolute atomic E-state index is 13.2. The minimum atomic E-state index is -3.84. The van der Waals surface area contributed by atoms with E-state index in [9.17, 15) is 17.2 Å². The van der Waals surface area contributed by atoms with Gasteiger partial charge in [-0.15, -0.1) is 5.10 Å². The summed E-state index contributed by atoms with van der Waals surface area (Å²) >= 11 is 0. The summed E-state index contributed by atoms with van der Waals surface area (Å²) in [6.07, 6.45) is -0.00712. The van der Waals surface area contributed by atoms with Crippen LogP contribution in [0.5, 0.6) is 0 Å². The van der Waals surface area contributed by atoms with Crippen LogP contribution < -0.4 is 14.9 Å². The average molecular weight is 482 g/mol. The number of halogens is 2. The number of hydrogen-bond acceptors (Lipinski definition) is 8. The predicted molar refractivity (Wildman–Crippen MR) is 116 cm³/mol. The fourth-order valence-electron chi connectivity index (χ4n) is 4.23. The molecule has 2 atom stereocenters. The number of sulfonamides is 1. The summed E-state index contributed by atoms with van der Waals surface area (Å²) in [5.41, 5.74) is 1.08. The van der Waals surface area contributed by atoms with Gasteiger partial charge < -0.3 is 14.6 Å². The van der Waals surface area contributed by atoms with E-state index in [0.29, 0.717) is 29.8 Å². The monoisotopic (exact) mass is 481 g/mol. The van der Waals surface area contributed by atoms with Crippen LogP contribution in [0, 0.1) is 0 Å². The molecule has 2 aliphatic rings. The van der Waals surface area contributed by atoms with Crippen LogP contribution in [-0.4, -0.2) is 58.9 Å². The first-order valence-corrected chi connectivity index (χ1v) is 12.2. The molecule has 178 valence electrons. The van der Waals surface area contributed by atoms with E-state index in [2.05, 4.69) is 44.0 Å². The molecule has 1 aliphatic carbocycles. The molecule has 0 amide bonds. The molecular weight excluding hydrogens is 456 g/mol. The zero-order valence-electron chi connectivity index (χ0n) is 18.4. The number of aromatic nitrogens is 4. The first-order chi connectivity index (χ1) is 15.5. The van der Waals surface area contributed by atoms with Gasteiger partial charge in [0.2, 0.25) is 10.0 Å². The summed E-state index contributed by atoms with van der Waals surface area (Å²) < 4.78 is 61.6. The average Bonchev–Trinajstić information content (AvgIpc) is 3.14. The molecule has 3 aromatic rings. The smallest absolute Gasteiger partial charge is 0.328 e. The van der Waals surface area contributed by atoms with Crippen molar-refractivity contribution in [1.29, 1.82) is 0 Å². The molecular formula is C20H25F2N7O3S. The zero-order valence-corrected chi connectivity index (χ0v) is 19.2. The van der Waals surface area contributed by atoms with Gasteiger partial charge in [-0.2, -0.15) is 8.78 Å². The molecule has 0 spiro atoms. The summed E-state index contributed by atoms with van der Waals surface area (Å²) in [6.45, 7) is 7.27. The molecule has 1 aliphatic heterocycles. The third-order valence-electron chi connectivity index (χ3n) is 6.02. The fraction of sp³-hybridized carbons (Fsp3) is 0.550. The molecule has 5 rings (SSSR count). The normalized spacial score (nSPS) is 22.9. The Morgan fingerprint density at radius 3 is 2.52 bits per heavy atom. The predicted octanol–water partition coefficient (Wildman–Crippen LogP) is 2.36. The largest absolute Gasteiger partial charge is 0.401 e. The molecule has 2 fully saturated rings. The van der Waals surface area contributed by atoms with Crippen molar-refractivity contribution in [2.24, 2.45) is 0 Å². The molecule has 3 heterocycles. The van der Waals surface area contributed by atoms with Crippen LogP contribution in [0.1, 0.15) is 45.9 Å². The van der Waals surface area contributed by atoms with Crippen molar-refractivity contribution < 1.29 is 21.6 Å². The van der Waals surface area contributed by atoms with Gasteiger partial charge in [0.05, 0.1) is 16.1 Å². The Bertz CT molecular complexity index is 1290. The quantitative estimate of drug-likeness (QED) is 0.551. The van der Waals surface area contributed by atoms with Crippen LogP contribution in [0.4, 0.5) is 14.5 Å². The molecule has 2 N–H and O–H groups in total. The number of imidazole rings is 1. The standard InChI is InChI=1S/C20H25F2N7O3S/c1-11-8-28(9-12(2)24-11)14-6-13(33(30,31)27-20(3)4-5-20)7-15-16(14)23-10-29(15)19-26-25-18(32-19)17(21)22/h6-7,10-12,17,24,27H,4-5,8-9H2,1-3H3/t11-,12-/m0/s1. The van der Waals surface area contributed by atoms with Crippen LogP contribution in [0.2, 0.25) is 0 Å². The van der Waals surface area contributed by atoms with Crippen molar-refractivity contribution in [3.8, 4) is 6.01 Å². The van der Waals surface area contributed by atoms with E-state index >= 15 is 0 Å². The van der Waals surface area contributed by atoms with Crippen LogP contribution in [0.15, 0.2) is 27.8 Å². The molecule has 1 saturated heterocycles. The molecule has 1 saturated carbocycles. The molecule has 1 aromatic carbocycles. The Hall–Kier alpha value is -2.64. The first kappa shape index (κ1) is 22.2. The maximum Gasteiger partial charge on any atom is 0.328 e. The van der Waals surface area contributed by atoms with E-state index in [1.54, 1.807) is 6.07 Å². The Morgan fingerprint density at radius 1 is 1.21 bits per heavy atom. The Kier molecular flexibility index (Phi) is 5.18. The Labute approximate surface area is 189 Å². The van der Waals surface area contributed by atoms with Crippen molar-refractivity contribution >= 4 is 26.7 Å². The highest BCUT2D eigenvalue weighted by Crippen LogP contribution is 2.38. The summed E-state index contributed by atoms with van der Waals surface area (Å²) in [4.78, 5) is 6.60. The zero-order chi connectivity index (χ0) is 23.5. The van der Waals surface area contributed by atoms with E-state index in [4.69, 9.17) is 4.42 Å². The van der Waals surface area contributed by atoms with Crippen molar-refractivity contribution in [1.82, 2.24) is 29.8 Å². The van der Waals surface area contributed by atoms with Gasteiger partial charge in [-0.3, -0.25) is 4.57 Å². The number of fused-ring (bicyclic) bond motifs is 1. The molecule has 10 nitrogen and oxygen atoms in total. The second kappa shape index (κ2) is 7.71. The highest BCUT2D eigenvalue weighted by Gasteiger charge is 2.41. The van der Waals surface area contributed by atoms with E-state index in [1.165, 1.54) is 17.0 Å². The molecule has 0 bridgehead atoms. The minimum Gasteiger partial charge on any atom is -0.401 e. The van der Waals surface area contributed by atoms with E-state index in [1.807, 2.05) is 6.92 Å². The minimum absolute atomic E-state index is 0.0623. The summed E-state index contributed by atoms with van der Waals surface area (Å²) in [7, 11) is -3.84. The number of piperazine rings is 1. The highest BCUT2D eigenvalue weighted by molar-refractivity contribution is 7.89. The fourth-order valence-corrected chi connectivity index (χ4v) is 5.73. The SMILES string of the molecule is C[C@H]1CN(c2cc(S(=O)(=O)NC3(C)CC3)cc3c2ncn3-c2nnc(C(F)F)o2)C[C@H](C)N1. The van der Waals surface area contributed by atoms with Gasteiger partial charge in [0.25, 0.3) is 5.89 Å². The van der Waals surface area contributed by atoms with Crippen molar-refractivity contribution in [3.05, 3.63) is 24.4 Å². The lowest BCUT2D eigenvalue weighted by molar-refractivity contribution is 0.115. The number of nitrogens with one attached hydrogen (secondary N) is 2. The van der Waals surface area contributed by atoms with Gasteiger partial charge in [-0.1, -0.05) is 5.10 Å². The van der Waals surface area contributed by atoms with Gasteiger partial charge >= 0.3 is 12.4 Å². The molecule has 0 unspecified atom stereocenters. The number of rotatable bonds is 6. The lowest BCUT2D eigenvalue weighted by Crippen LogP contribution is -2.54. The molecule has 2 aromatic heterocycles. The van der Waals surface area contributed by atoms with E-state index < -0.39 is 27.9 Å². The van der Waals surface area contributed by atoms with Crippen molar-refractivity contribution in [2.45, 2.75) is 62.6 Å². The number of alkyl halides is 2. The second-order valence-electron chi connectivity index (χ2n) is 9.19. The van der Waals surface area contributed by atoms with Gasteiger partial charge in [0.1, 0.15) is 11.8 Å². The van der Waals surface area contributed by atoms with Crippen LogP contribution in [-0.2, 0) is 10.0 Å². The third kappa shape index (κ3) is 4.20. The topological polar surface area (TPSA) is 118 Å². The lowest BCUT2D eigenvalue weighted by Gasteiger charge is -2.37. The maximum atomic E-state index is 13.2. The Morgan fingerprint density at radius 2 is 1.91 bits per heavy atom. The molecule has 13 heteroatoms. The first-order valence-electron chi connectivity index (χ1n) is 10.7. The lowest BCUT2D eigenvalue weighted by atomic mass is 10.1. The van der Waals surface area contributed by atoms with Gasteiger partial charge in [-0.05, 0) is 45.7 Å². The summed E-state index contributed by atoms with van der Waals surface area (Å²) in [6, 6.07) is 3.23. The number of anilines is 1. The number of hydrogen-bond donors (Lipinski definition) is 2. The van der Waals surface area contributed by atoms with E-state index in [-0.39, 0.29) is 23.0 Å². The summed E-state index contributed by atoms with van der Waals surface area (Å²) in [5, 5.41) is 10.5. The third-order valence-corrected chi connectivity index (χ3v) is 7.63. The second-order valence-corrected chi connectivity index (χ2v) is 10.9. The highest BCUT2D eigenvalue weighted by atomic mass is 32.2. The van der Waals surface area contributed by atoms with E-state index in [0.717, 1.165) is 12.8 Å². The number of nitrogens with zero attached hydrogens (tertiary/aromatic N) is 5. The van der Waals surface area contributed by atoms with Gasteiger partial charge in [-0.25, -0.2) is 18.1 Å². The van der Waals surface area contributed by atoms with Crippen molar-refractivity contribution in [3.63, 3.8) is 0 Å². The van der Waals surface area contributed by atoms with Gasteiger partial charge in [0.15, 0.2) is 0 Å². The van der Waals surface area contributed by atoms with Crippen molar-refractivity contribution in [2.75, 3.05) is 18.0 Å². The molecule has 33 heavy (non-hydrogen) atoms.